The predicted molar refractivity (Wildman–Crippen MR) is 76.5 cm³/mol. The normalized spacial score (nSPS) is 15.1. The Balaban J connectivity index is 2.21. The zero-order valence-electron chi connectivity index (χ0n) is 12.3. The van der Waals surface area contributed by atoms with Crippen molar-refractivity contribution in [3.63, 3.8) is 0 Å². The molecule has 1 aliphatic rings. The molecule has 0 aromatic heterocycles. The average Bonchev–Trinajstić information content (AvgIpc) is 2.58. The molecule has 110 valence electrons. The van der Waals surface area contributed by atoms with E-state index in [4.69, 9.17) is 15.2 Å². The summed E-state index contributed by atoms with van der Waals surface area (Å²) < 4.78 is 11.1. The third kappa shape index (κ3) is 3.42. The Morgan fingerprint density at radius 2 is 2.20 bits per heavy atom. The molecule has 20 heavy (non-hydrogen) atoms. The zero-order valence-corrected chi connectivity index (χ0v) is 12.3. The number of fused-ring (bicyclic) bond motifs is 1. The Morgan fingerprint density at radius 1 is 1.45 bits per heavy atom. The molecule has 1 amide bonds. The van der Waals surface area contributed by atoms with E-state index in [9.17, 15) is 4.79 Å². The van der Waals surface area contributed by atoms with Gasteiger partial charge in [-0.1, -0.05) is 12.1 Å². The van der Waals surface area contributed by atoms with E-state index in [1.54, 1.807) is 4.90 Å². The lowest BCUT2D eigenvalue weighted by atomic mass is 10.1. The highest BCUT2D eigenvalue weighted by atomic mass is 16.6. The summed E-state index contributed by atoms with van der Waals surface area (Å²) >= 11 is 0. The molecule has 2 N–H and O–H groups in total. The van der Waals surface area contributed by atoms with Gasteiger partial charge in [0.15, 0.2) is 0 Å². The molecule has 0 fully saturated rings. The number of rotatable bonds is 1. The van der Waals surface area contributed by atoms with Crippen molar-refractivity contribution in [3.8, 4) is 5.75 Å². The van der Waals surface area contributed by atoms with Crippen LogP contribution in [-0.4, -0.2) is 29.7 Å². The van der Waals surface area contributed by atoms with Crippen molar-refractivity contribution >= 4 is 6.09 Å². The standard InChI is InChI=1S/C15H22N2O3/c1-15(2,3)20-14(18)17-7-8-19-13-6-4-5-11(9-16)12(13)10-17/h4-6H,7-10,16H2,1-3H3. The highest BCUT2D eigenvalue weighted by Gasteiger charge is 2.25. The maximum absolute atomic E-state index is 12.2. The Kier molecular flexibility index (Phi) is 4.18. The van der Waals surface area contributed by atoms with Crippen LogP contribution in [0.15, 0.2) is 18.2 Å². The van der Waals surface area contributed by atoms with E-state index in [-0.39, 0.29) is 6.09 Å². The lowest BCUT2D eigenvalue weighted by molar-refractivity contribution is 0.0225. The number of hydrogen-bond donors (Lipinski definition) is 1. The van der Waals surface area contributed by atoms with Crippen LogP contribution in [0.2, 0.25) is 0 Å². The summed E-state index contributed by atoms with van der Waals surface area (Å²) in [6.07, 6.45) is -0.319. The first-order chi connectivity index (χ1) is 9.40. The molecule has 0 aliphatic carbocycles. The van der Waals surface area contributed by atoms with Crippen LogP contribution in [0.1, 0.15) is 31.9 Å². The molecule has 0 atom stereocenters. The molecule has 5 nitrogen and oxygen atoms in total. The number of nitrogens with two attached hydrogens (primary N) is 1. The first-order valence-electron chi connectivity index (χ1n) is 6.82. The summed E-state index contributed by atoms with van der Waals surface area (Å²) in [5.74, 6) is 0.805. The minimum absolute atomic E-state index is 0.319. The van der Waals surface area contributed by atoms with Crippen molar-refractivity contribution in [2.75, 3.05) is 13.2 Å². The maximum Gasteiger partial charge on any atom is 0.410 e. The SMILES string of the molecule is CC(C)(C)OC(=O)N1CCOc2cccc(CN)c2C1. The van der Waals surface area contributed by atoms with Gasteiger partial charge in [-0.05, 0) is 32.4 Å². The second-order valence-electron chi connectivity index (χ2n) is 5.85. The van der Waals surface area contributed by atoms with Crippen LogP contribution in [0, 0.1) is 0 Å². The number of benzene rings is 1. The van der Waals surface area contributed by atoms with Crippen LogP contribution < -0.4 is 10.5 Å². The first kappa shape index (κ1) is 14.7. The Morgan fingerprint density at radius 3 is 2.85 bits per heavy atom. The van der Waals surface area contributed by atoms with Crippen LogP contribution >= 0.6 is 0 Å². The molecule has 0 saturated heterocycles. The summed E-state index contributed by atoms with van der Waals surface area (Å²) in [4.78, 5) is 13.9. The Hall–Kier alpha value is -1.75. The van der Waals surface area contributed by atoms with Gasteiger partial charge in [-0.15, -0.1) is 0 Å². The molecule has 1 aromatic rings. The van der Waals surface area contributed by atoms with Crippen molar-refractivity contribution in [3.05, 3.63) is 29.3 Å². The van der Waals surface area contributed by atoms with Crippen LogP contribution in [0.5, 0.6) is 5.75 Å². The van der Waals surface area contributed by atoms with Crippen molar-refractivity contribution in [2.45, 2.75) is 39.5 Å². The molecular weight excluding hydrogens is 256 g/mol. The fraction of sp³-hybridized carbons (Fsp3) is 0.533. The van der Waals surface area contributed by atoms with Crippen molar-refractivity contribution in [1.82, 2.24) is 4.90 Å². The highest BCUT2D eigenvalue weighted by Crippen LogP contribution is 2.27. The fourth-order valence-corrected chi connectivity index (χ4v) is 2.14. The van der Waals surface area contributed by atoms with Gasteiger partial charge in [-0.3, -0.25) is 0 Å². The summed E-state index contributed by atoms with van der Waals surface area (Å²) in [6.45, 7) is 7.44. The van der Waals surface area contributed by atoms with E-state index < -0.39 is 5.60 Å². The van der Waals surface area contributed by atoms with E-state index in [1.165, 1.54) is 0 Å². The summed E-state index contributed by atoms with van der Waals surface area (Å²) in [5, 5.41) is 0. The minimum atomic E-state index is -0.500. The molecule has 5 heteroatoms. The van der Waals surface area contributed by atoms with Crippen molar-refractivity contribution in [2.24, 2.45) is 5.73 Å². The van der Waals surface area contributed by atoms with E-state index in [1.807, 2.05) is 39.0 Å². The summed E-state index contributed by atoms with van der Waals surface area (Å²) in [7, 11) is 0. The third-order valence-electron chi connectivity index (χ3n) is 3.07. The average molecular weight is 278 g/mol. The maximum atomic E-state index is 12.2. The highest BCUT2D eigenvalue weighted by molar-refractivity contribution is 5.68. The van der Waals surface area contributed by atoms with Gasteiger partial charge in [0.2, 0.25) is 0 Å². The molecule has 1 aliphatic heterocycles. The quantitative estimate of drug-likeness (QED) is 0.856. The molecule has 0 saturated carbocycles. The van der Waals surface area contributed by atoms with Gasteiger partial charge in [0.25, 0.3) is 0 Å². The number of hydrogen-bond acceptors (Lipinski definition) is 4. The molecule has 0 unspecified atom stereocenters. The van der Waals surface area contributed by atoms with E-state index in [0.29, 0.717) is 26.2 Å². The van der Waals surface area contributed by atoms with Gasteiger partial charge in [0, 0.05) is 12.1 Å². The Bertz CT molecular complexity index is 494. The van der Waals surface area contributed by atoms with Gasteiger partial charge in [0.1, 0.15) is 18.0 Å². The number of carbonyl (C=O) groups is 1. The van der Waals surface area contributed by atoms with E-state index >= 15 is 0 Å². The summed E-state index contributed by atoms with van der Waals surface area (Å²) in [5.41, 5.74) is 7.23. The number of amides is 1. The zero-order chi connectivity index (χ0) is 14.8. The lowest BCUT2D eigenvalue weighted by Gasteiger charge is -2.26. The smallest absolute Gasteiger partial charge is 0.410 e. The van der Waals surface area contributed by atoms with E-state index in [0.717, 1.165) is 16.9 Å². The van der Waals surface area contributed by atoms with Crippen molar-refractivity contribution < 1.29 is 14.3 Å². The molecule has 0 radical (unpaired) electrons. The predicted octanol–water partition coefficient (Wildman–Crippen LogP) is 2.27. The van der Waals surface area contributed by atoms with Crippen molar-refractivity contribution in [1.29, 1.82) is 0 Å². The monoisotopic (exact) mass is 278 g/mol. The molecular formula is C15H22N2O3. The number of nitrogens with zero attached hydrogens (tertiary/aromatic N) is 1. The second kappa shape index (κ2) is 5.71. The topological polar surface area (TPSA) is 64.8 Å². The van der Waals surface area contributed by atoms with Crippen LogP contribution in [-0.2, 0) is 17.8 Å². The third-order valence-corrected chi connectivity index (χ3v) is 3.07. The lowest BCUT2D eigenvalue weighted by Crippen LogP contribution is -2.37. The molecule has 1 heterocycles. The number of ether oxygens (including phenoxy) is 2. The van der Waals surface area contributed by atoms with Gasteiger partial charge < -0.3 is 20.1 Å². The largest absolute Gasteiger partial charge is 0.491 e. The van der Waals surface area contributed by atoms with Crippen LogP contribution in [0.4, 0.5) is 4.79 Å². The van der Waals surface area contributed by atoms with Gasteiger partial charge in [-0.2, -0.15) is 0 Å². The van der Waals surface area contributed by atoms with Crippen LogP contribution in [0.3, 0.4) is 0 Å². The van der Waals surface area contributed by atoms with Gasteiger partial charge in [0.05, 0.1) is 13.1 Å². The first-order valence-corrected chi connectivity index (χ1v) is 6.82. The molecule has 2 rings (SSSR count). The van der Waals surface area contributed by atoms with Gasteiger partial charge in [-0.25, -0.2) is 4.79 Å². The van der Waals surface area contributed by atoms with E-state index in [2.05, 4.69) is 0 Å². The fourth-order valence-electron chi connectivity index (χ4n) is 2.14. The number of carbonyl (C=O) groups excluding carboxylic acids is 1. The minimum Gasteiger partial charge on any atom is -0.491 e. The van der Waals surface area contributed by atoms with Crippen LogP contribution in [0.25, 0.3) is 0 Å². The molecule has 1 aromatic carbocycles. The second-order valence-corrected chi connectivity index (χ2v) is 5.85. The molecule has 0 bridgehead atoms. The van der Waals surface area contributed by atoms with Gasteiger partial charge >= 0.3 is 6.09 Å². The summed E-state index contributed by atoms with van der Waals surface area (Å²) in [6, 6.07) is 5.79. The Labute approximate surface area is 119 Å². The molecule has 0 spiro atoms.